The van der Waals surface area contributed by atoms with Gasteiger partial charge in [0.15, 0.2) is 0 Å². The molecule has 0 fully saturated rings. The molecule has 0 aliphatic carbocycles. The van der Waals surface area contributed by atoms with Crippen LogP contribution in [-0.2, 0) is 16.0 Å². The number of aromatic amines is 1. The zero-order valence-corrected chi connectivity index (χ0v) is 15.7. The smallest absolute Gasteiger partial charge is 0.222 e. The molecule has 0 bridgehead atoms. The molecular weight excluding hydrogens is 364 g/mol. The Morgan fingerprint density at radius 3 is 2.59 bits per heavy atom. The molecule has 3 aromatic rings. The lowest BCUT2D eigenvalue weighted by molar-refractivity contribution is -0.122. The molecule has 27 heavy (non-hydrogen) atoms. The van der Waals surface area contributed by atoms with Gasteiger partial charge in [-0.2, -0.15) is 0 Å². The molecule has 0 aliphatic rings. The number of rotatable bonds is 7. The van der Waals surface area contributed by atoms with Crippen LogP contribution < -0.4 is 10.6 Å². The number of nitrogens with one attached hydrogen (secondary N) is 3. The molecule has 7 heteroatoms. The van der Waals surface area contributed by atoms with Crippen molar-refractivity contribution in [3.05, 3.63) is 64.9 Å². The van der Waals surface area contributed by atoms with Crippen LogP contribution in [0.1, 0.15) is 30.8 Å². The maximum absolute atomic E-state index is 12.3. The number of imidazole rings is 1. The van der Waals surface area contributed by atoms with Crippen LogP contribution in [0.3, 0.4) is 0 Å². The minimum atomic E-state index is -0.397. The van der Waals surface area contributed by atoms with Gasteiger partial charge in [-0.05, 0) is 29.8 Å². The number of fused-ring (bicyclic) bond motifs is 1. The van der Waals surface area contributed by atoms with Gasteiger partial charge < -0.3 is 15.6 Å². The van der Waals surface area contributed by atoms with E-state index in [4.69, 9.17) is 11.6 Å². The highest BCUT2D eigenvalue weighted by molar-refractivity contribution is 6.30. The molecule has 6 nitrogen and oxygen atoms in total. The first kappa shape index (κ1) is 18.9. The zero-order valence-electron chi connectivity index (χ0n) is 15.0. The van der Waals surface area contributed by atoms with Gasteiger partial charge in [-0.1, -0.05) is 35.9 Å². The van der Waals surface area contributed by atoms with E-state index < -0.39 is 6.04 Å². The molecule has 0 saturated carbocycles. The van der Waals surface area contributed by atoms with E-state index in [2.05, 4.69) is 20.6 Å². The molecule has 0 aliphatic heterocycles. The summed E-state index contributed by atoms with van der Waals surface area (Å²) in [6.07, 6.45) is 0.757. The highest BCUT2D eigenvalue weighted by Gasteiger charge is 2.17. The van der Waals surface area contributed by atoms with Crippen molar-refractivity contribution < 1.29 is 9.59 Å². The van der Waals surface area contributed by atoms with Gasteiger partial charge in [-0.25, -0.2) is 4.98 Å². The Bertz CT molecular complexity index is 904. The van der Waals surface area contributed by atoms with Crippen molar-refractivity contribution in [1.82, 2.24) is 20.6 Å². The van der Waals surface area contributed by atoms with Crippen molar-refractivity contribution >= 4 is 34.4 Å². The van der Waals surface area contributed by atoms with E-state index in [1.54, 1.807) is 12.1 Å². The maximum Gasteiger partial charge on any atom is 0.222 e. The predicted molar refractivity (Wildman–Crippen MR) is 105 cm³/mol. The number of carbonyl (C=O) groups excluding carboxylic acids is 2. The summed E-state index contributed by atoms with van der Waals surface area (Å²) >= 11 is 5.91. The van der Waals surface area contributed by atoms with Crippen LogP contribution in [0.5, 0.6) is 0 Å². The summed E-state index contributed by atoms with van der Waals surface area (Å²) in [5.74, 6) is 0.498. The third kappa shape index (κ3) is 5.31. The van der Waals surface area contributed by atoms with Gasteiger partial charge in [0.25, 0.3) is 0 Å². The number of H-pyrrole nitrogens is 1. The van der Waals surface area contributed by atoms with Crippen molar-refractivity contribution in [3.8, 4) is 0 Å². The van der Waals surface area contributed by atoms with Crippen LogP contribution in [0, 0.1) is 0 Å². The van der Waals surface area contributed by atoms with Crippen LogP contribution >= 0.6 is 11.6 Å². The summed E-state index contributed by atoms with van der Waals surface area (Å²) in [4.78, 5) is 31.5. The summed E-state index contributed by atoms with van der Waals surface area (Å²) in [5.41, 5.74) is 2.72. The van der Waals surface area contributed by atoms with Crippen molar-refractivity contribution in [3.63, 3.8) is 0 Å². The molecule has 1 atom stereocenters. The quantitative estimate of drug-likeness (QED) is 0.584. The maximum atomic E-state index is 12.3. The number of para-hydroxylation sites is 2. The first-order valence-electron chi connectivity index (χ1n) is 8.74. The molecule has 0 unspecified atom stereocenters. The van der Waals surface area contributed by atoms with E-state index in [1.807, 2.05) is 36.4 Å². The molecule has 140 valence electrons. The lowest BCUT2D eigenvalue weighted by Gasteiger charge is -2.18. The van der Waals surface area contributed by atoms with Gasteiger partial charge >= 0.3 is 0 Å². The van der Waals surface area contributed by atoms with E-state index >= 15 is 0 Å². The lowest BCUT2D eigenvalue weighted by atomic mass is 10.0. The topological polar surface area (TPSA) is 86.9 Å². The Balaban J connectivity index is 1.55. The molecule has 0 spiro atoms. The Hall–Kier alpha value is -2.86. The molecular formula is C20H21ClN4O2. The second kappa shape index (κ2) is 8.68. The van der Waals surface area contributed by atoms with E-state index in [9.17, 15) is 9.59 Å². The second-order valence-corrected chi connectivity index (χ2v) is 6.75. The second-order valence-electron chi connectivity index (χ2n) is 6.31. The standard InChI is InChI=1S/C20H21ClN4O2/c1-13(26)23-18(14-6-8-15(21)9-7-14)12-20(27)22-11-10-19-24-16-4-2-3-5-17(16)25-19/h2-9,18H,10-12H2,1H3,(H,22,27)(H,23,26)(H,24,25)/t18-/m0/s1. The zero-order chi connectivity index (χ0) is 19.2. The molecule has 3 rings (SSSR count). The average Bonchev–Trinajstić information content (AvgIpc) is 3.04. The molecule has 0 saturated heterocycles. The van der Waals surface area contributed by atoms with Gasteiger partial charge in [0, 0.05) is 24.9 Å². The molecule has 2 aromatic carbocycles. The number of carbonyl (C=O) groups is 2. The Morgan fingerprint density at radius 1 is 1.15 bits per heavy atom. The first-order chi connectivity index (χ1) is 13.0. The van der Waals surface area contributed by atoms with Crippen molar-refractivity contribution in [2.45, 2.75) is 25.8 Å². The third-order valence-corrected chi connectivity index (χ3v) is 4.41. The van der Waals surface area contributed by atoms with Gasteiger partial charge in [-0.15, -0.1) is 0 Å². The highest BCUT2D eigenvalue weighted by Crippen LogP contribution is 2.19. The number of aromatic nitrogens is 2. The van der Waals surface area contributed by atoms with Crippen molar-refractivity contribution in [2.24, 2.45) is 0 Å². The van der Waals surface area contributed by atoms with Gasteiger partial charge in [0.1, 0.15) is 5.82 Å². The minimum Gasteiger partial charge on any atom is -0.356 e. The lowest BCUT2D eigenvalue weighted by Crippen LogP contribution is -2.33. The summed E-state index contributed by atoms with van der Waals surface area (Å²) in [6, 6.07) is 14.5. The molecule has 1 heterocycles. The molecule has 2 amide bonds. The van der Waals surface area contributed by atoms with E-state index in [0.29, 0.717) is 18.0 Å². The van der Waals surface area contributed by atoms with E-state index in [1.165, 1.54) is 6.92 Å². The summed E-state index contributed by atoms with van der Waals surface area (Å²) < 4.78 is 0. The number of nitrogens with zero attached hydrogens (tertiary/aromatic N) is 1. The Labute approximate surface area is 162 Å². The van der Waals surface area contributed by atoms with Gasteiger partial charge in [-0.3, -0.25) is 9.59 Å². The number of hydrogen-bond acceptors (Lipinski definition) is 3. The largest absolute Gasteiger partial charge is 0.356 e. The Morgan fingerprint density at radius 2 is 1.89 bits per heavy atom. The van der Waals surface area contributed by atoms with Crippen molar-refractivity contribution in [1.29, 1.82) is 0 Å². The van der Waals surface area contributed by atoms with Crippen LogP contribution in [-0.4, -0.2) is 28.3 Å². The van der Waals surface area contributed by atoms with Gasteiger partial charge in [0.2, 0.25) is 11.8 Å². The normalized spacial score (nSPS) is 11.9. The highest BCUT2D eigenvalue weighted by atomic mass is 35.5. The number of halogens is 1. The minimum absolute atomic E-state index is 0.139. The number of hydrogen-bond donors (Lipinski definition) is 3. The average molecular weight is 385 g/mol. The van der Waals surface area contributed by atoms with E-state index in [-0.39, 0.29) is 18.2 Å². The fraction of sp³-hybridized carbons (Fsp3) is 0.250. The number of amides is 2. The SMILES string of the molecule is CC(=O)N[C@@H](CC(=O)NCCc1nc2ccccc2[nH]1)c1ccc(Cl)cc1. The van der Waals surface area contributed by atoms with Crippen LogP contribution in [0.25, 0.3) is 11.0 Å². The molecule has 3 N–H and O–H groups in total. The van der Waals surface area contributed by atoms with Crippen LogP contribution in [0.4, 0.5) is 0 Å². The molecule has 1 aromatic heterocycles. The first-order valence-corrected chi connectivity index (χ1v) is 9.12. The fourth-order valence-corrected chi connectivity index (χ4v) is 3.02. The summed E-state index contributed by atoms with van der Waals surface area (Å²) in [5, 5.41) is 6.30. The predicted octanol–water partition coefficient (Wildman–Crippen LogP) is 3.14. The summed E-state index contributed by atoms with van der Waals surface area (Å²) in [6.45, 7) is 1.90. The fourth-order valence-electron chi connectivity index (χ4n) is 2.89. The monoisotopic (exact) mass is 384 g/mol. The van der Waals surface area contributed by atoms with Crippen LogP contribution in [0.2, 0.25) is 5.02 Å². The van der Waals surface area contributed by atoms with Crippen molar-refractivity contribution in [2.75, 3.05) is 6.54 Å². The Kier molecular flexibility index (Phi) is 6.08. The van der Waals surface area contributed by atoms with Gasteiger partial charge in [0.05, 0.1) is 23.5 Å². The molecule has 0 radical (unpaired) electrons. The van der Waals surface area contributed by atoms with E-state index in [0.717, 1.165) is 22.4 Å². The third-order valence-electron chi connectivity index (χ3n) is 4.16. The summed E-state index contributed by atoms with van der Waals surface area (Å²) in [7, 11) is 0. The number of benzene rings is 2. The van der Waals surface area contributed by atoms with Crippen LogP contribution in [0.15, 0.2) is 48.5 Å².